The summed E-state index contributed by atoms with van der Waals surface area (Å²) in [6.07, 6.45) is 3.83. The van der Waals surface area contributed by atoms with Crippen molar-refractivity contribution in [3.05, 3.63) is 48.8 Å². The van der Waals surface area contributed by atoms with Crippen molar-refractivity contribution >= 4 is 0 Å². The van der Waals surface area contributed by atoms with Gasteiger partial charge in [0.15, 0.2) is 6.20 Å². The van der Waals surface area contributed by atoms with Crippen molar-refractivity contribution in [1.29, 1.82) is 0 Å². The molecule has 2 heterocycles. The number of pyridine rings is 2. The summed E-state index contributed by atoms with van der Waals surface area (Å²) in [4.78, 5) is 4.29. The Kier molecular flexibility index (Phi) is 2.04. The van der Waals surface area contributed by atoms with Crippen LogP contribution in [0.5, 0.6) is 0 Å². The highest BCUT2D eigenvalue weighted by Gasteiger charge is 2.07. The Morgan fingerprint density at radius 1 is 1.08 bits per heavy atom. The summed E-state index contributed by atoms with van der Waals surface area (Å²) in [6, 6.07) is 12.0. The molecule has 13 heavy (non-hydrogen) atoms. The summed E-state index contributed by atoms with van der Waals surface area (Å²) < 4.78 is 2.06. The second-order valence-electron chi connectivity index (χ2n) is 2.91. The van der Waals surface area contributed by atoms with Gasteiger partial charge in [-0.15, -0.1) is 0 Å². The summed E-state index contributed by atoms with van der Waals surface area (Å²) in [5, 5.41) is 0. The minimum absolute atomic E-state index is 1.01. The Labute approximate surface area is 77.5 Å². The number of hydrogen-bond acceptors (Lipinski definition) is 1. The van der Waals surface area contributed by atoms with E-state index < -0.39 is 0 Å². The second-order valence-corrected chi connectivity index (χ2v) is 2.91. The van der Waals surface area contributed by atoms with Gasteiger partial charge < -0.3 is 0 Å². The maximum Gasteiger partial charge on any atom is 0.230 e. The van der Waals surface area contributed by atoms with Crippen molar-refractivity contribution < 1.29 is 4.57 Å². The average Bonchev–Trinajstić information content (AvgIpc) is 2.20. The SMILES string of the molecule is C[n+]1ccccc1-c1ccccn1. The highest BCUT2D eigenvalue weighted by Crippen LogP contribution is 2.09. The van der Waals surface area contributed by atoms with Crippen molar-refractivity contribution in [2.75, 3.05) is 0 Å². The molecule has 0 aliphatic heterocycles. The normalized spacial score (nSPS) is 9.92. The lowest BCUT2D eigenvalue weighted by atomic mass is 10.2. The molecule has 2 heteroatoms. The van der Waals surface area contributed by atoms with Crippen molar-refractivity contribution in [1.82, 2.24) is 4.98 Å². The summed E-state index contributed by atoms with van der Waals surface area (Å²) in [5.74, 6) is 0. The van der Waals surface area contributed by atoms with E-state index in [1.54, 1.807) is 0 Å². The molecule has 0 spiro atoms. The van der Waals surface area contributed by atoms with Gasteiger partial charge in [0.25, 0.3) is 0 Å². The highest BCUT2D eigenvalue weighted by molar-refractivity contribution is 5.49. The Morgan fingerprint density at radius 2 is 1.92 bits per heavy atom. The zero-order valence-electron chi connectivity index (χ0n) is 7.51. The molecule has 0 aromatic carbocycles. The summed E-state index contributed by atoms with van der Waals surface area (Å²) >= 11 is 0. The Hall–Kier alpha value is -1.70. The van der Waals surface area contributed by atoms with Gasteiger partial charge in [-0.1, -0.05) is 6.07 Å². The van der Waals surface area contributed by atoms with E-state index in [2.05, 4.69) is 15.6 Å². The van der Waals surface area contributed by atoms with Gasteiger partial charge in [0, 0.05) is 18.3 Å². The fourth-order valence-electron chi connectivity index (χ4n) is 1.30. The summed E-state index contributed by atoms with van der Waals surface area (Å²) in [7, 11) is 2.02. The third kappa shape index (κ3) is 1.56. The number of rotatable bonds is 1. The third-order valence-corrected chi connectivity index (χ3v) is 1.98. The zero-order chi connectivity index (χ0) is 9.10. The predicted octanol–water partition coefficient (Wildman–Crippen LogP) is 1.57. The molecule has 0 saturated heterocycles. The van der Waals surface area contributed by atoms with Crippen LogP contribution in [-0.2, 0) is 7.05 Å². The van der Waals surface area contributed by atoms with E-state index in [9.17, 15) is 0 Å². The van der Waals surface area contributed by atoms with E-state index in [4.69, 9.17) is 0 Å². The first kappa shape index (κ1) is 7.92. The van der Waals surface area contributed by atoms with Crippen molar-refractivity contribution in [3.8, 4) is 11.4 Å². The molecule has 0 N–H and O–H groups in total. The van der Waals surface area contributed by atoms with Crippen LogP contribution >= 0.6 is 0 Å². The Balaban J connectivity index is 2.54. The zero-order valence-corrected chi connectivity index (χ0v) is 7.51. The van der Waals surface area contributed by atoms with Crippen LogP contribution in [0.2, 0.25) is 0 Å². The molecule has 0 fully saturated rings. The molecule has 0 radical (unpaired) electrons. The lowest BCUT2D eigenvalue weighted by Crippen LogP contribution is -2.30. The van der Waals surface area contributed by atoms with Crippen molar-refractivity contribution in [3.63, 3.8) is 0 Å². The fraction of sp³-hybridized carbons (Fsp3) is 0.0909. The topological polar surface area (TPSA) is 16.8 Å². The van der Waals surface area contributed by atoms with Crippen LogP contribution in [0.25, 0.3) is 11.4 Å². The van der Waals surface area contributed by atoms with Gasteiger partial charge >= 0.3 is 0 Å². The molecule has 0 amide bonds. The van der Waals surface area contributed by atoms with E-state index >= 15 is 0 Å². The molecule has 0 aliphatic carbocycles. The maximum atomic E-state index is 4.29. The third-order valence-electron chi connectivity index (χ3n) is 1.98. The van der Waals surface area contributed by atoms with Crippen LogP contribution in [0, 0.1) is 0 Å². The van der Waals surface area contributed by atoms with E-state index in [-0.39, 0.29) is 0 Å². The molecular weight excluding hydrogens is 160 g/mol. The molecule has 2 aromatic rings. The van der Waals surface area contributed by atoms with Gasteiger partial charge in [-0.25, -0.2) is 4.98 Å². The van der Waals surface area contributed by atoms with Gasteiger partial charge in [0.2, 0.25) is 5.69 Å². The Morgan fingerprint density at radius 3 is 2.62 bits per heavy atom. The fourth-order valence-corrected chi connectivity index (χ4v) is 1.30. The van der Waals surface area contributed by atoms with E-state index in [1.165, 1.54) is 0 Å². The van der Waals surface area contributed by atoms with Crippen molar-refractivity contribution in [2.45, 2.75) is 0 Å². The van der Waals surface area contributed by atoms with Crippen LogP contribution in [0.4, 0.5) is 0 Å². The second kappa shape index (κ2) is 3.35. The smallest absolute Gasteiger partial charge is 0.230 e. The van der Waals surface area contributed by atoms with Gasteiger partial charge in [0.1, 0.15) is 12.7 Å². The van der Waals surface area contributed by atoms with Gasteiger partial charge in [-0.05, 0) is 18.2 Å². The first-order chi connectivity index (χ1) is 6.38. The molecule has 2 rings (SSSR count). The Bertz CT molecular complexity index is 396. The molecule has 64 valence electrons. The first-order valence-electron chi connectivity index (χ1n) is 4.24. The van der Waals surface area contributed by atoms with Crippen LogP contribution in [0.1, 0.15) is 0 Å². The van der Waals surface area contributed by atoms with E-state index in [0.29, 0.717) is 0 Å². The molecule has 0 bridgehead atoms. The number of aryl methyl sites for hydroxylation is 1. The van der Waals surface area contributed by atoms with E-state index in [1.807, 2.05) is 49.8 Å². The summed E-state index contributed by atoms with van der Waals surface area (Å²) in [5.41, 5.74) is 2.13. The van der Waals surface area contributed by atoms with Crippen LogP contribution in [0.15, 0.2) is 48.8 Å². The number of hydrogen-bond donors (Lipinski definition) is 0. The predicted molar refractivity (Wildman–Crippen MR) is 50.8 cm³/mol. The largest absolute Gasteiger partial charge is 0.250 e. The molecule has 0 saturated carbocycles. The standard InChI is InChI=1S/C11H11N2/c1-13-9-5-3-7-11(13)10-6-2-4-8-12-10/h2-9H,1H3/q+1. The monoisotopic (exact) mass is 171 g/mol. The van der Waals surface area contributed by atoms with Crippen LogP contribution in [0.3, 0.4) is 0 Å². The molecule has 0 atom stereocenters. The van der Waals surface area contributed by atoms with Gasteiger partial charge in [-0.2, -0.15) is 4.57 Å². The number of aromatic nitrogens is 2. The molecule has 0 unspecified atom stereocenters. The molecule has 2 nitrogen and oxygen atoms in total. The maximum absolute atomic E-state index is 4.29. The lowest BCUT2D eigenvalue weighted by molar-refractivity contribution is -0.660. The van der Waals surface area contributed by atoms with Gasteiger partial charge in [-0.3, -0.25) is 0 Å². The minimum Gasteiger partial charge on any atom is -0.250 e. The molecule has 0 aliphatic rings. The van der Waals surface area contributed by atoms with Crippen LogP contribution in [-0.4, -0.2) is 4.98 Å². The average molecular weight is 171 g/mol. The first-order valence-corrected chi connectivity index (χ1v) is 4.24. The summed E-state index contributed by atoms with van der Waals surface area (Å²) in [6.45, 7) is 0. The highest BCUT2D eigenvalue weighted by atomic mass is 14.9. The number of nitrogens with zero attached hydrogens (tertiary/aromatic N) is 2. The molecule has 2 aromatic heterocycles. The lowest BCUT2D eigenvalue weighted by Gasteiger charge is -1.96. The molecular formula is C11H11N2+. The minimum atomic E-state index is 1.01. The van der Waals surface area contributed by atoms with Crippen LogP contribution < -0.4 is 4.57 Å². The van der Waals surface area contributed by atoms with E-state index in [0.717, 1.165) is 11.4 Å². The quantitative estimate of drug-likeness (QED) is 0.595. The van der Waals surface area contributed by atoms with Crippen molar-refractivity contribution in [2.24, 2.45) is 7.05 Å². The van der Waals surface area contributed by atoms with Gasteiger partial charge in [0.05, 0.1) is 0 Å².